The Morgan fingerprint density at radius 1 is 1.11 bits per heavy atom. The molecule has 1 fully saturated rings. The Hall–Kier alpha value is -2.51. The lowest BCUT2D eigenvalue weighted by molar-refractivity contribution is 0.0910. The molecular formula is C20H23ClN6O. The van der Waals surface area contributed by atoms with E-state index in [0.29, 0.717) is 10.7 Å². The van der Waals surface area contributed by atoms with Crippen LogP contribution in [0.4, 0.5) is 0 Å². The van der Waals surface area contributed by atoms with E-state index in [1.165, 1.54) is 6.33 Å². The third-order valence-electron chi connectivity index (χ3n) is 5.19. The predicted molar refractivity (Wildman–Crippen MR) is 108 cm³/mol. The number of hydrogen-bond donors (Lipinski definition) is 1. The molecule has 0 spiro atoms. The molecule has 0 unspecified atom stereocenters. The Bertz CT molecular complexity index is 936. The number of hydrogen-bond acceptors (Lipinski definition) is 5. The molecule has 7 nitrogen and oxygen atoms in total. The first-order chi connectivity index (χ1) is 13.7. The number of carbonyl (C=O) groups excluding carboxylic acids is 1. The number of aryl methyl sites for hydroxylation is 1. The van der Waals surface area contributed by atoms with Crippen molar-refractivity contribution in [2.45, 2.75) is 31.8 Å². The Morgan fingerprint density at radius 2 is 1.89 bits per heavy atom. The lowest BCUT2D eigenvalue weighted by atomic mass is 10.0. The van der Waals surface area contributed by atoms with E-state index in [1.807, 2.05) is 34.9 Å². The van der Waals surface area contributed by atoms with Gasteiger partial charge in [-0.15, -0.1) is 0 Å². The SMILES string of the molecule is O=C(NC1CCN(CCCn2cnc3c(Cl)ncnc32)CC1)c1ccccc1. The molecular weight excluding hydrogens is 376 g/mol. The van der Waals surface area contributed by atoms with Crippen LogP contribution in [0.2, 0.25) is 5.15 Å². The normalized spacial score (nSPS) is 15.8. The van der Waals surface area contributed by atoms with Crippen molar-refractivity contribution in [1.29, 1.82) is 0 Å². The van der Waals surface area contributed by atoms with Crippen molar-refractivity contribution in [2.75, 3.05) is 19.6 Å². The fraction of sp³-hybridized carbons (Fsp3) is 0.400. The van der Waals surface area contributed by atoms with Gasteiger partial charge >= 0.3 is 0 Å². The summed E-state index contributed by atoms with van der Waals surface area (Å²) in [6, 6.07) is 9.65. The summed E-state index contributed by atoms with van der Waals surface area (Å²) in [5, 5.41) is 3.55. The first kappa shape index (κ1) is 18.8. The molecule has 146 valence electrons. The summed E-state index contributed by atoms with van der Waals surface area (Å²) in [4.78, 5) is 27.3. The van der Waals surface area contributed by atoms with Gasteiger partial charge < -0.3 is 14.8 Å². The Morgan fingerprint density at radius 3 is 2.68 bits per heavy atom. The Labute approximate surface area is 168 Å². The summed E-state index contributed by atoms with van der Waals surface area (Å²) in [6.07, 6.45) is 6.22. The second kappa shape index (κ2) is 8.67. The van der Waals surface area contributed by atoms with Gasteiger partial charge in [-0.1, -0.05) is 29.8 Å². The van der Waals surface area contributed by atoms with Crippen molar-refractivity contribution < 1.29 is 4.79 Å². The maximum Gasteiger partial charge on any atom is 0.251 e. The van der Waals surface area contributed by atoms with Crippen molar-refractivity contribution in [3.05, 3.63) is 53.7 Å². The summed E-state index contributed by atoms with van der Waals surface area (Å²) in [6.45, 7) is 3.85. The number of imidazole rings is 1. The molecule has 0 aliphatic carbocycles. The molecule has 3 heterocycles. The number of aromatic nitrogens is 4. The van der Waals surface area contributed by atoms with Crippen molar-refractivity contribution >= 4 is 28.7 Å². The van der Waals surface area contributed by atoms with Crippen molar-refractivity contribution in [3.63, 3.8) is 0 Å². The monoisotopic (exact) mass is 398 g/mol. The molecule has 0 bridgehead atoms. The maximum absolute atomic E-state index is 12.3. The van der Waals surface area contributed by atoms with Crippen LogP contribution in [0.3, 0.4) is 0 Å². The number of nitrogens with one attached hydrogen (secondary N) is 1. The number of halogens is 1. The molecule has 3 aromatic rings. The molecule has 8 heteroatoms. The van der Waals surface area contributed by atoms with E-state index in [2.05, 4.69) is 25.2 Å². The maximum atomic E-state index is 12.3. The summed E-state index contributed by atoms with van der Waals surface area (Å²) in [7, 11) is 0. The second-order valence-electron chi connectivity index (χ2n) is 7.08. The number of nitrogens with zero attached hydrogens (tertiary/aromatic N) is 5. The Balaban J connectivity index is 1.21. The largest absolute Gasteiger partial charge is 0.349 e. The van der Waals surface area contributed by atoms with Gasteiger partial charge in [0.25, 0.3) is 5.91 Å². The Kier molecular flexibility index (Phi) is 5.83. The molecule has 28 heavy (non-hydrogen) atoms. The van der Waals surface area contributed by atoms with Gasteiger partial charge in [0.05, 0.1) is 6.33 Å². The first-order valence-electron chi connectivity index (χ1n) is 9.60. The number of rotatable bonds is 6. The highest BCUT2D eigenvalue weighted by Crippen LogP contribution is 2.17. The van der Waals surface area contributed by atoms with Gasteiger partial charge in [0, 0.05) is 31.2 Å². The average Bonchev–Trinajstić information content (AvgIpc) is 3.14. The molecule has 1 aromatic carbocycles. The van der Waals surface area contributed by atoms with Crippen LogP contribution in [-0.2, 0) is 6.54 Å². The number of amides is 1. The molecule has 0 saturated carbocycles. The van der Waals surface area contributed by atoms with E-state index in [1.54, 1.807) is 6.33 Å². The second-order valence-corrected chi connectivity index (χ2v) is 7.44. The number of likely N-dealkylation sites (tertiary alicyclic amines) is 1. The zero-order chi connectivity index (χ0) is 19.3. The lowest BCUT2D eigenvalue weighted by Crippen LogP contribution is -2.44. The van der Waals surface area contributed by atoms with Crippen molar-refractivity contribution in [1.82, 2.24) is 29.7 Å². The summed E-state index contributed by atoms with van der Waals surface area (Å²) in [5.74, 6) is 0.0201. The smallest absolute Gasteiger partial charge is 0.251 e. The molecule has 1 aliphatic rings. The van der Waals surface area contributed by atoms with Gasteiger partial charge in [-0.3, -0.25) is 4.79 Å². The van der Waals surface area contributed by atoms with Crippen molar-refractivity contribution in [3.8, 4) is 0 Å². The van der Waals surface area contributed by atoms with E-state index < -0.39 is 0 Å². The van der Waals surface area contributed by atoms with E-state index in [0.717, 1.165) is 56.7 Å². The minimum Gasteiger partial charge on any atom is -0.349 e. The average molecular weight is 399 g/mol. The van der Waals surface area contributed by atoms with Crippen LogP contribution in [0.1, 0.15) is 29.6 Å². The van der Waals surface area contributed by atoms with Gasteiger partial charge in [-0.25, -0.2) is 15.0 Å². The number of piperidine rings is 1. The van der Waals surface area contributed by atoms with E-state index in [4.69, 9.17) is 11.6 Å². The quantitative estimate of drug-likeness (QED) is 0.646. The highest BCUT2D eigenvalue weighted by molar-refractivity contribution is 6.33. The molecule has 4 rings (SSSR count). The summed E-state index contributed by atoms with van der Waals surface area (Å²) < 4.78 is 2.02. The van der Waals surface area contributed by atoms with E-state index >= 15 is 0 Å². The topological polar surface area (TPSA) is 75.9 Å². The van der Waals surface area contributed by atoms with Crippen LogP contribution in [0, 0.1) is 0 Å². The van der Waals surface area contributed by atoms with Crippen LogP contribution in [-0.4, -0.2) is 56.0 Å². The summed E-state index contributed by atoms with van der Waals surface area (Å²) >= 11 is 6.05. The van der Waals surface area contributed by atoms with Crippen LogP contribution in [0.25, 0.3) is 11.2 Å². The number of fused-ring (bicyclic) bond motifs is 1. The zero-order valence-corrected chi connectivity index (χ0v) is 16.3. The lowest BCUT2D eigenvalue weighted by Gasteiger charge is -2.32. The van der Waals surface area contributed by atoms with Crippen molar-refractivity contribution in [2.24, 2.45) is 0 Å². The van der Waals surface area contributed by atoms with Gasteiger partial charge in [0.1, 0.15) is 11.8 Å². The van der Waals surface area contributed by atoms with Gasteiger partial charge in [0.2, 0.25) is 0 Å². The van der Waals surface area contributed by atoms with Gasteiger partial charge in [-0.05, 0) is 37.9 Å². The molecule has 1 aliphatic heterocycles. The fourth-order valence-corrected chi connectivity index (χ4v) is 3.82. The summed E-state index contributed by atoms with van der Waals surface area (Å²) in [5.41, 5.74) is 2.16. The van der Waals surface area contributed by atoms with Crippen LogP contribution >= 0.6 is 11.6 Å². The first-order valence-corrected chi connectivity index (χ1v) is 9.98. The zero-order valence-electron chi connectivity index (χ0n) is 15.6. The third kappa shape index (κ3) is 4.31. The van der Waals surface area contributed by atoms with E-state index in [9.17, 15) is 4.79 Å². The molecule has 0 atom stereocenters. The highest BCUT2D eigenvalue weighted by Gasteiger charge is 2.21. The molecule has 1 saturated heterocycles. The van der Waals surface area contributed by atoms with E-state index in [-0.39, 0.29) is 11.9 Å². The standard InChI is InChI=1S/C20H23ClN6O/c21-18-17-19(23-13-22-18)27(14-24-17)10-4-9-26-11-7-16(8-12-26)25-20(28)15-5-2-1-3-6-15/h1-3,5-6,13-14,16H,4,7-12H2,(H,25,28). The van der Waals surface area contributed by atoms with Gasteiger partial charge in [-0.2, -0.15) is 0 Å². The highest BCUT2D eigenvalue weighted by atomic mass is 35.5. The number of benzene rings is 1. The van der Waals surface area contributed by atoms with Crippen LogP contribution < -0.4 is 5.32 Å². The van der Waals surface area contributed by atoms with Crippen LogP contribution in [0.15, 0.2) is 43.0 Å². The van der Waals surface area contributed by atoms with Crippen LogP contribution in [0.5, 0.6) is 0 Å². The molecule has 1 N–H and O–H groups in total. The number of carbonyl (C=O) groups is 1. The molecule has 1 amide bonds. The minimum atomic E-state index is 0.0201. The third-order valence-corrected chi connectivity index (χ3v) is 5.47. The minimum absolute atomic E-state index is 0.0201. The molecule has 2 aromatic heterocycles. The fourth-order valence-electron chi connectivity index (χ4n) is 3.64. The van der Waals surface area contributed by atoms with Gasteiger partial charge in [0.15, 0.2) is 10.8 Å². The predicted octanol–water partition coefficient (Wildman–Crippen LogP) is 2.76. The molecule has 0 radical (unpaired) electrons.